The van der Waals surface area contributed by atoms with E-state index in [0.717, 1.165) is 38.2 Å². The molecule has 1 aliphatic rings. The molecule has 94 valence electrons. The maximum atomic E-state index is 4.75. The molecule has 3 rings (SSSR count). The summed E-state index contributed by atoms with van der Waals surface area (Å²) < 4.78 is 0. The molecule has 1 N–H and O–H groups in total. The van der Waals surface area contributed by atoms with Gasteiger partial charge in [0.2, 0.25) is 0 Å². The first kappa shape index (κ1) is 11.8. The Balaban J connectivity index is 1.95. The SMILES string of the molecule is CCc1nc(Cc2cccs2)nc2c1CNCC2. The molecule has 3 heterocycles. The zero-order valence-corrected chi connectivity index (χ0v) is 11.4. The van der Waals surface area contributed by atoms with E-state index < -0.39 is 0 Å². The van der Waals surface area contributed by atoms with E-state index in [1.807, 2.05) is 0 Å². The summed E-state index contributed by atoms with van der Waals surface area (Å²) in [5.41, 5.74) is 3.81. The predicted molar refractivity (Wildman–Crippen MR) is 73.9 cm³/mol. The van der Waals surface area contributed by atoms with E-state index in [-0.39, 0.29) is 0 Å². The number of thiophene rings is 1. The van der Waals surface area contributed by atoms with Crippen molar-refractivity contribution in [3.63, 3.8) is 0 Å². The molecule has 0 fully saturated rings. The van der Waals surface area contributed by atoms with Crippen molar-refractivity contribution in [1.82, 2.24) is 15.3 Å². The zero-order chi connectivity index (χ0) is 12.4. The molecule has 3 nitrogen and oxygen atoms in total. The summed E-state index contributed by atoms with van der Waals surface area (Å²) in [5, 5.41) is 5.51. The molecule has 0 atom stereocenters. The van der Waals surface area contributed by atoms with Gasteiger partial charge in [-0.15, -0.1) is 11.3 Å². The minimum absolute atomic E-state index is 0.866. The average molecular weight is 259 g/mol. The maximum Gasteiger partial charge on any atom is 0.134 e. The second-order valence-electron chi connectivity index (χ2n) is 4.55. The van der Waals surface area contributed by atoms with Crippen LogP contribution in [0.4, 0.5) is 0 Å². The largest absolute Gasteiger partial charge is 0.312 e. The van der Waals surface area contributed by atoms with Crippen LogP contribution in [0.15, 0.2) is 17.5 Å². The first-order valence-corrected chi connectivity index (χ1v) is 7.35. The van der Waals surface area contributed by atoms with Crippen LogP contribution in [0.5, 0.6) is 0 Å². The Morgan fingerprint density at radius 1 is 1.39 bits per heavy atom. The molecule has 0 aromatic carbocycles. The van der Waals surface area contributed by atoms with Crippen molar-refractivity contribution in [2.24, 2.45) is 0 Å². The van der Waals surface area contributed by atoms with Gasteiger partial charge in [0.25, 0.3) is 0 Å². The van der Waals surface area contributed by atoms with Gasteiger partial charge in [0.05, 0.1) is 5.69 Å². The van der Waals surface area contributed by atoms with Gasteiger partial charge < -0.3 is 5.32 Å². The molecule has 0 unspecified atom stereocenters. The first-order valence-electron chi connectivity index (χ1n) is 6.47. The van der Waals surface area contributed by atoms with Gasteiger partial charge in [0.15, 0.2) is 0 Å². The summed E-state index contributed by atoms with van der Waals surface area (Å²) in [5.74, 6) is 0.981. The molecule has 0 saturated heterocycles. The highest BCUT2D eigenvalue weighted by Crippen LogP contribution is 2.19. The van der Waals surface area contributed by atoms with Crippen molar-refractivity contribution in [2.75, 3.05) is 6.54 Å². The summed E-state index contributed by atoms with van der Waals surface area (Å²) in [6.07, 6.45) is 2.89. The van der Waals surface area contributed by atoms with Crippen molar-refractivity contribution in [3.05, 3.63) is 45.2 Å². The molecule has 0 spiro atoms. The summed E-state index contributed by atoms with van der Waals surface area (Å²) in [6, 6.07) is 4.24. The Hall–Kier alpha value is -1.26. The van der Waals surface area contributed by atoms with E-state index in [0.29, 0.717) is 0 Å². The molecule has 0 radical (unpaired) electrons. The third-order valence-electron chi connectivity index (χ3n) is 3.31. The highest BCUT2D eigenvalue weighted by molar-refractivity contribution is 7.09. The van der Waals surface area contributed by atoms with Crippen LogP contribution >= 0.6 is 11.3 Å². The van der Waals surface area contributed by atoms with Gasteiger partial charge in [-0.25, -0.2) is 9.97 Å². The van der Waals surface area contributed by atoms with Crippen molar-refractivity contribution < 1.29 is 0 Å². The number of fused-ring (bicyclic) bond motifs is 1. The summed E-state index contributed by atoms with van der Waals surface area (Å²) >= 11 is 1.78. The molecule has 18 heavy (non-hydrogen) atoms. The highest BCUT2D eigenvalue weighted by Gasteiger charge is 2.16. The van der Waals surface area contributed by atoms with Crippen LogP contribution in [0.1, 0.15) is 34.6 Å². The second-order valence-corrected chi connectivity index (χ2v) is 5.58. The lowest BCUT2D eigenvalue weighted by Crippen LogP contribution is -2.27. The molecule has 2 aromatic heterocycles. The fraction of sp³-hybridized carbons (Fsp3) is 0.429. The number of hydrogen-bond acceptors (Lipinski definition) is 4. The molecular formula is C14H17N3S. The third-order valence-corrected chi connectivity index (χ3v) is 4.19. The van der Waals surface area contributed by atoms with Crippen LogP contribution in [0.3, 0.4) is 0 Å². The Bertz CT molecular complexity index is 517. The second kappa shape index (κ2) is 5.16. The topological polar surface area (TPSA) is 37.8 Å². The maximum absolute atomic E-state index is 4.75. The van der Waals surface area contributed by atoms with E-state index in [1.165, 1.54) is 21.8 Å². The summed E-state index contributed by atoms with van der Waals surface area (Å²) in [7, 11) is 0. The van der Waals surface area contributed by atoms with Crippen LogP contribution in [0.2, 0.25) is 0 Å². The lowest BCUT2D eigenvalue weighted by molar-refractivity contribution is 0.612. The summed E-state index contributed by atoms with van der Waals surface area (Å²) in [6.45, 7) is 4.13. The van der Waals surface area contributed by atoms with Gasteiger partial charge in [-0.2, -0.15) is 0 Å². The monoisotopic (exact) mass is 259 g/mol. The van der Waals surface area contributed by atoms with Gasteiger partial charge in [0.1, 0.15) is 5.82 Å². The number of hydrogen-bond donors (Lipinski definition) is 1. The molecule has 0 aliphatic carbocycles. The minimum Gasteiger partial charge on any atom is -0.312 e. The Kier molecular flexibility index (Phi) is 3.39. The minimum atomic E-state index is 0.866. The van der Waals surface area contributed by atoms with Crippen LogP contribution in [0.25, 0.3) is 0 Å². The standard InChI is InChI=1S/C14H17N3S/c1-2-12-11-9-15-6-5-13(11)17-14(16-12)8-10-4-3-7-18-10/h3-4,7,15H,2,5-6,8-9H2,1H3. The molecule has 0 bridgehead atoms. The number of rotatable bonds is 3. The van der Waals surface area contributed by atoms with Crippen LogP contribution in [0, 0.1) is 0 Å². The number of aryl methyl sites for hydroxylation is 1. The van der Waals surface area contributed by atoms with E-state index >= 15 is 0 Å². The number of nitrogens with one attached hydrogen (secondary N) is 1. The van der Waals surface area contributed by atoms with Gasteiger partial charge in [-0.05, 0) is 17.9 Å². The lowest BCUT2D eigenvalue weighted by Gasteiger charge is -2.19. The molecule has 2 aromatic rings. The highest BCUT2D eigenvalue weighted by atomic mass is 32.1. The zero-order valence-electron chi connectivity index (χ0n) is 10.6. The van der Waals surface area contributed by atoms with Crippen molar-refractivity contribution >= 4 is 11.3 Å². The van der Waals surface area contributed by atoms with Crippen LogP contribution in [-0.2, 0) is 25.8 Å². The van der Waals surface area contributed by atoms with Gasteiger partial charge >= 0.3 is 0 Å². The smallest absolute Gasteiger partial charge is 0.134 e. The molecule has 0 saturated carbocycles. The first-order chi connectivity index (χ1) is 8.86. The Morgan fingerprint density at radius 3 is 3.11 bits per heavy atom. The fourth-order valence-corrected chi connectivity index (χ4v) is 3.11. The van der Waals surface area contributed by atoms with E-state index in [9.17, 15) is 0 Å². The van der Waals surface area contributed by atoms with Gasteiger partial charge in [-0.3, -0.25) is 0 Å². The van der Waals surface area contributed by atoms with Gasteiger partial charge in [0, 0.05) is 42.1 Å². The lowest BCUT2D eigenvalue weighted by atomic mass is 10.0. The van der Waals surface area contributed by atoms with E-state index in [2.05, 4.69) is 29.8 Å². The van der Waals surface area contributed by atoms with Gasteiger partial charge in [-0.1, -0.05) is 13.0 Å². The Labute approximate surface area is 111 Å². The number of aromatic nitrogens is 2. The van der Waals surface area contributed by atoms with Crippen LogP contribution < -0.4 is 5.32 Å². The third kappa shape index (κ3) is 2.31. The van der Waals surface area contributed by atoms with Crippen molar-refractivity contribution in [2.45, 2.75) is 32.7 Å². The Morgan fingerprint density at radius 2 is 2.33 bits per heavy atom. The fourth-order valence-electron chi connectivity index (χ4n) is 2.41. The molecule has 0 amide bonds. The molecule has 1 aliphatic heterocycles. The normalized spacial score (nSPS) is 14.5. The van der Waals surface area contributed by atoms with Crippen molar-refractivity contribution in [1.29, 1.82) is 0 Å². The summed E-state index contributed by atoms with van der Waals surface area (Å²) in [4.78, 5) is 10.8. The van der Waals surface area contributed by atoms with E-state index in [1.54, 1.807) is 11.3 Å². The quantitative estimate of drug-likeness (QED) is 0.919. The molecule has 4 heteroatoms. The van der Waals surface area contributed by atoms with Crippen molar-refractivity contribution in [3.8, 4) is 0 Å². The average Bonchev–Trinajstić information content (AvgIpc) is 2.90. The molecular weight excluding hydrogens is 242 g/mol. The van der Waals surface area contributed by atoms with Crippen LogP contribution in [-0.4, -0.2) is 16.5 Å². The van der Waals surface area contributed by atoms with E-state index in [4.69, 9.17) is 9.97 Å². The predicted octanol–water partition coefficient (Wildman–Crippen LogP) is 2.34. The number of nitrogens with zero attached hydrogens (tertiary/aromatic N) is 2.